The summed E-state index contributed by atoms with van der Waals surface area (Å²) >= 11 is 1.28. The number of hydrogen-bond donors (Lipinski definition) is 2. The zero-order valence-corrected chi connectivity index (χ0v) is 13.8. The van der Waals surface area contributed by atoms with E-state index in [-0.39, 0.29) is 18.3 Å². The summed E-state index contributed by atoms with van der Waals surface area (Å²) in [6.07, 6.45) is 3.22. The van der Waals surface area contributed by atoms with Crippen molar-refractivity contribution < 1.29 is 13.9 Å². The fourth-order valence-corrected chi connectivity index (χ4v) is 2.53. The molecule has 0 aliphatic rings. The van der Waals surface area contributed by atoms with Crippen molar-refractivity contribution >= 4 is 28.3 Å². The number of nitrogens with zero attached hydrogens (tertiary/aromatic N) is 3. The van der Waals surface area contributed by atoms with Gasteiger partial charge in [0.15, 0.2) is 5.13 Å². The van der Waals surface area contributed by atoms with E-state index in [9.17, 15) is 9.18 Å². The summed E-state index contributed by atoms with van der Waals surface area (Å²) in [7, 11) is 0. The van der Waals surface area contributed by atoms with Gasteiger partial charge in [0.05, 0.1) is 6.54 Å². The number of ether oxygens (including phenoxy) is 1. The van der Waals surface area contributed by atoms with Gasteiger partial charge in [-0.3, -0.25) is 4.79 Å². The minimum absolute atomic E-state index is 0.268. The van der Waals surface area contributed by atoms with Crippen LogP contribution in [0.25, 0.3) is 0 Å². The second kappa shape index (κ2) is 8.15. The first-order valence-electron chi connectivity index (χ1n) is 7.37. The Labute approximate surface area is 146 Å². The lowest BCUT2D eigenvalue weighted by Gasteiger charge is -2.06. The predicted octanol–water partition coefficient (Wildman–Crippen LogP) is 2.62. The van der Waals surface area contributed by atoms with E-state index in [0.29, 0.717) is 29.1 Å². The van der Waals surface area contributed by atoms with Gasteiger partial charge in [-0.05, 0) is 30.3 Å². The van der Waals surface area contributed by atoms with E-state index in [0.717, 1.165) is 0 Å². The van der Waals surface area contributed by atoms with E-state index < -0.39 is 0 Å². The summed E-state index contributed by atoms with van der Waals surface area (Å²) in [6, 6.07) is 7.39. The Morgan fingerprint density at radius 3 is 2.72 bits per heavy atom. The molecule has 0 saturated carbocycles. The molecule has 0 aliphatic carbocycles. The average molecular weight is 359 g/mol. The third-order valence-electron chi connectivity index (χ3n) is 2.99. The molecular weight excluding hydrogens is 345 g/mol. The molecule has 3 aromatic rings. The molecule has 2 N–H and O–H groups in total. The van der Waals surface area contributed by atoms with Crippen LogP contribution in [0.2, 0.25) is 0 Å². The van der Waals surface area contributed by atoms with E-state index in [1.807, 2.05) is 0 Å². The second-order valence-corrected chi connectivity index (χ2v) is 5.65. The Kier molecular flexibility index (Phi) is 5.47. The summed E-state index contributed by atoms with van der Waals surface area (Å²) < 4.78 is 18.2. The molecule has 0 radical (unpaired) electrons. The van der Waals surface area contributed by atoms with E-state index >= 15 is 0 Å². The van der Waals surface area contributed by atoms with Crippen molar-refractivity contribution in [3.05, 3.63) is 59.6 Å². The normalized spacial score (nSPS) is 10.3. The highest BCUT2D eigenvalue weighted by Gasteiger charge is 2.11. The van der Waals surface area contributed by atoms with Crippen LogP contribution in [-0.4, -0.2) is 34.0 Å². The largest absolute Gasteiger partial charge is 0.492 e. The first-order chi connectivity index (χ1) is 12.2. The molecule has 2 heterocycles. The molecule has 1 aromatic carbocycles. The maximum Gasteiger partial charge on any atom is 0.270 e. The van der Waals surface area contributed by atoms with Gasteiger partial charge in [-0.2, -0.15) is 0 Å². The Bertz CT molecular complexity index is 826. The summed E-state index contributed by atoms with van der Waals surface area (Å²) in [5.41, 5.74) is 0.296. The molecule has 2 aromatic heterocycles. The molecule has 9 heteroatoms. The van der Waals surface area contributed by atoms with Gasteiger partial charge in [-0.15, -0.1) is 11.3 Å². The van der Waals surface area contributed by atoms with Gasteiger partial charge < -0.3 is 15.4 Å². The number of anilines is 2. The summed E-state index contributed by atoms with van der Waals surface area (Å²) in [5, 5.41) is 7.79. The highest BCUT2D eigenvalue weighted by atomic mass is 32.1. The molecule has 128 valence electrons. The van der Waals surface area contributed by atoms with Crippen LogP contribution < -0.4 is 15.4 Å². The number of amides is 1. The number of aromatic nitrogens is 3. The van der Waals surface area contributed by atoms with Crippen LogP contribution in [0, 0.1) is 5.82 Å². The number of rotatable bonds is 7. The van der Waals surface area contributed by atoms with Gasteiger partial charge >= 0.3 is 0 Å². The lowest BCUT2D eigenvalue weighted by Crippen LogP contribution is -2.28. The van der Waals surface area contributed by atoms with Gasteiger partial charge in [0.1, 0.15) is 23.9 Å². The van der Waals surface area contributed by atoms with Gasteiger partial charge in [-0.1, -0.05) is 0 Å². The van der Waals surface area contributed by atoms with Crippen LogP contribution in [0.1, 0.15) is 10.5 Å². The average Bonchev–Trinajstić information content (AvgIpc) is 3.09. The number of carbonyl (C=O) groups excluding carboxylic acids is 1. The van der Waals surface area contributed by atoms with Crippen molar-refractivity contribution in [1.82, 2.24) is 20.3 Å². The van der Waals surface area contributed by atoms with Crippen molar-refractivity contribution in [2.75, 3.05) is 18.5 Å². The Morgan fingerprint density at radius 2 is 1.96 bits per heavy atom. The minimum atomic E-state index is -0.325. The van der Waals surface area contributed by atoms with E-state index in [1.54, 1.807) is 23.8 Å². The van der Waals surface area contributed by atoms with Crippen LogP contribution in [-0.2, 0) is 0 Å². The van der Waals surface area contributed by atoms with E-state index in [1.165, 1.54) is 35.6 Å². The Morgan fingerprint density at radius 1 is 1.20 bits per heavy atom. The fourth-order valence-electron chi connectivity index (χ4n) is 1.85. The highest BCUT2D eigenvalue weighted by molar-refractivity contribution is 7.14. The molecule has 3 rings (SSSR count). The first kappa shape index (κ1) is 16.8. The standard InChI is InChI=1S/C16H14FN5O2S/c17-11-2-4-12(5-3-11)24-9-8-18-14(23)13-10-25-16(21-13)22-15-19-6-1-7-20-15/h1-7,10H,8-9H2,(H,18,23)(H,19,20,21,22). The Balaban J connectivity index is 1.44. The zero-order chi connectivity index (χ0) is 17.5. The topological polar surface area (TPSA) is 89.0 Å². The third kappa shape index (κ3) is 4.95. The van der Waals surface area contributed by atoms with Crippen LogP contribution in [0.5, 0.6) is 5.75 Å². The lowest BCUT2D eigenvalue weighted by atomic mass is 10.3. The molecule has 0 spiro atoms. The van der Waals surface area contributed by atoms with Crippen LogP contribution in [0.15, 0.2) is 48.1 Å². The molecule has 0 fully saturated rings. The first-order valence-corrected chi connectivity index (χ1v) is 8.25. The van der Waals surface area contributed by atoms with Gasteiger partial charge in [0.2, 0.25) is 5.95 Å². The number of thiazole rings is 1. The summed E-state index contributed by atoms with van der Waals surface area (Å²) in [6.45, 7) is 0.572. The van der Waals surface area contributed by atoms with Gasteiger partial charge in [0.25, 0.3) is 5.91 Å². The van der Waals surface area contributed by atoms with Crippen molar-refractivity contribution in [2.45, 2.75) is 0 Å². The van der Waals surface area contributed by atoms with Crippen LogP contribution >= 0.6 is 11.3 Å². The number of carbonyl (C=O) groups is 1. The molecule has 0 atom stereocenters. The molecule has 25 heavy (non-hydrogen) atoms. The maximum absolute atomic E-state index is 12.8. The molecule has 0 aliphatic heterocycles. The second-order valence-electron chi connectivity index (χ2n) is 4.79. The minimum Gasteiger partial charge on any atom is -0.492 e. The SMILES string of the molecule is O=C(NCCOc1ccc(F)cc1)c1csc(Nc2ncccn2)n1. The highest BCUT2D eigenvalue weighted by Crippen LogP contribution is 2.18. The molecule has 1 amide bonds. The van der Waals surface area contributed by atoms with Crippen molar-refractivity contribution in [3.63, 3.8) is 0 Å². The number of benzene rings is 1. The van der Waals surface area contributed by atoms with E-state index in [2.05, 4.69) is 25.6 Å². The monoisotopic (exact) mass is 359 g/mol. The molecule has 0 unspecified atom stereocenters. The van der Waals surface area contributed by atoms with Crippen LogP contribution in [0.3, 0.4) is 0 Å². The predicted molar refractivity (Wildman–Crippen MR) is 91.7 cm³/mol. The smallest absolute Gasteiger partial charge is 0.270 e. The van der Waals surface area contributed by atoms with Crippen molar-refractivity contribution in [2.24, 2.45) is 0 Å². The van der Waals surface area contributed by atoms with Crippen molar-refractivity contribution in [3.8, 4) is 5.75 Å². The van der Waals surface area contributed by atoms with Gasteiger partial charge in [0, 0.05) is 17.8 Å². The number of hydrogen-bond acceptors (Lipinski definition) is 7. The van der Waals surface area contributed by atoms with E-state index in [4.69, 9.17) is 4.74 Å². The lowest BCUT2D eigenvalue weighted by molar-refractivity contribution is 0.0943. The zero-order valence-electron chi connectivity index (χ0n) is 13.0. The molecule has 0 saturated heterocycles. The molecular formula is C16H14FN5O2S. The van der Waals surface area contributed by atoms with Gasteiger partial charge in [-0.25, -0.2) is 19.3 Å². The summed E-state index contributed by atoms with van der Waals surface area (Å²) in [5.74, 6) is 0.325. The quantitative estimate of drug-likeness (QED) is 0.631. The molecule has 0 bridgehead atoms. The maximum atomic E-state index is 12.8. The summed E-state index contributed by atoms with van der Waals surface area (Å²) in [4.78, 5) is 24.3. The fraction of sp³-hybridized carbons (Fsp3) is 0.125. The van der Waals surface area contributed by atoms with Crippen LogP contribution in [0.4, 0.5) is 15.5 Å². The Hall–Kier alpha value is -3.07. The number of halogens is 1. The number of nitrogens with one attached hydrogen (secondary N) is 2. The molecule has 7 nitrogen and oxygen atoms in total. The van der Waals surface area contributed by atoms with Crippen molar-refractivity contribution in [1.29, 1.82) is 0 Å². The third-order valence-corrected chi connectivity index (χ3v) is 3.75.